The third-order valence-electron chi connectivity index (χ3n) is 2.62. The van der Waals surface area contributed by atoms with Crippen LogP contribution in [-0.2, 0) is 11.2 Å². The summed E-state index contributed by atoms with van der Waals surface area (Å²) in [6.07, 6.45) is 2.62. The summed E-state index contributed by atoms with van der Waals surface area (Å²) in [6, 6.07) is 7.41. The fourth-order valence-electron chi connectivity index (χ4n) is 1.58. The van der Waals surface area contributed by atoms with Gasteiger partial charge in [-0.2, -0.15) is 0 Å². The first kappa shape index (κ1) is 15.4. The van der Waals surface area contributed by atoms with Crippen LogP contribution in [0.25, 0.3) is 0 Å². The number of nitrogens with zero attached hydrogens (tertiary/aromatic N) is 1. The van der Waals surface area contributed by atoms with Gasteiger partial charge < -0.3 is 9.47 Å². The molecule has 0 unspecified atom stereocenters. The first-order valence-electron chi connectivity index (χ1n) is 6.63. The van der Waals surface area contributed by atoms with Crippen LogP contribution < -0.4 is 4.74 Å². The number of hydrogen-bond donors (Lipinski definition) is 0. The van der Waals surface area contributed by atoms with E-state index in [4.69, 9.17) is 9.47 Å². The maximum Gasteiger partial charge on any atom is 0.207 e. The molecule has 0 aliphatic heterocycles. The molecule has 0 saturated carbocycles. The Balaban J connectivity index is 2.25. The van der Waals surface area contributed by atoms with Gasteiger partial charge in [-0.3, -0.25) is 10.1 Å². The molecular weight excluding hydrogens is 246 g/mol. The Hall–Kier alpha value is -1.62. The molecule has 0 heterocycles. The summed E-state index contributed by atoms with van der Waals surface area (Å²) >= 11 is 0. The minimum Gasteiger partial charge on any atom is -0.491 e. The second kappa shape index (κ2) is 9.33. The first-order chi connectivity index (χ1) is 9.22. The van der Waals surface area contributed by atoms with E-state index in [-0.39, 0.29) is 11.5 Å². The van der Waals surface area contributed by atoms with Crippen LogP contribution in [0.5, 0.6) is 5.75 Å². The largest absolute Gasteiger partial charge is 0.491 e. The summed E-state index contributed by atoms with van der Waals surface area (Å²) in [6.45, 7) is 3.91. The number of benzene rings is 1. The fraction of sp³-hybridized carbons (Fsp3) is 0.571. The van der Waals surface area contributed by atoms with Crippen LogP contribution in [0.15, 0.2) is 24.3 Å². The van der Waals surface area contributed by atoms with Crippen molar-refractivity contribution in [3.63, 3.8) is 0 Å². The summed E-state index contributed by atoms with van der Waals surface area (Å²) in [5.41, 5.74) is 0.918. The molecule has 5 heteroatoms. The lowest BCUT2D eigenvalue weighted by Gasteiger charge is -2.08. The quantitative estimate of drug-likeness (QED) is 0.371. The Morgan fingerprint density at radius 1 is 1.26 bits per heavy atom. The fourth-order valence-corrected chi connectivity index (χ4v) is 1.58. The maximum atomic E-state index is 10.3. The van der Waals surface area contributed by atoms with Crippen molar-refractivity contribution < 1.29 is 14.4 Å². The Morgan fingerprint density at radius 3 is 2.84 bits per heavy atom. The van der Waals surface area contributed by atoms with E-state index in [2.05, 4.69) is 6.92 Å². The van der Waals surface area contributed by atoms with Gasteiger partial charge in [0, 0.05) is 18.0 Å². The van der Waals surface area contributed by atoms with Crippen LogP contribution in [-0.4, -0.2) is 31.3 Å². The standard InChI is InChI=1S/C14H21NO4/c1-2-3-9-18-10-11-19-14-6-4-5-13(12-14)7-8-15(16)17/h4-6,12H,2-3,7-11H2,1H3. The Labute approximate surface area is 113 Å². The molecule has 0 radical (unpaired) electrons. The highest BCUT2D eigenvalue weighted by atomic mass is 16.6. The summed E-state index contributed by atoms with van der Waals surface area (Å²) in [7, 11) is 0. The monoisotopic (exact) mass is 267 g/mol. The molecule has 106 valence electrons. The Bertz CT molecular complexity index is 381. The number of hydrogen-bond acceptors (Lipinski definition) is 4. The third kappa shape index (κ3) is 7.41. The third-order valence-corrected chi connectivity index (χ3v) is 2.62. The molecule has 0 aromatic heterocycles. The van der Waals surface area contributed by atoms with Crippen molar-refractivity contribution in [3.05, 3.63) is 39.9 Å². The van der Waals surface area contributed by atoms with E-state index < -0.39 is 0 Å². The van der Waals surface area contributed by atoms with Crippen LogP contribution in [0.1, 0.15) is 25.3 Å². The highest BCUT2D eigenvalue weighted by molar-refractivity contribution is 5.28. The Morgan fingerprint density at radius 2 is 2.11 bits per heavy atom. The van der Waals surface area contributed by atoms with E-state index >= 15 is 0 Å². The molecule has 0 atom stereocenters. The van der Waals surface area contributed by atoms with E-state index in [1.165, 1.54) is 0 Å². The van der Waals surface area contributed by atoms with Gasteiger partial charge >= 0.3 is 0 Å². The molecule has 0 bridgehead atoms. The molecule has 0 aliphatic rings. The second-order valence-corrected chi connectivity index (χ2v) is 4.27. The highest BCUT2D eigenvalue weighted by Crippen LogP contribution is 2.13. The van der Waals surface area contributed by atoms with Gasteiger partial charge in [0.2, 0.25) is 6.54 Å². The van der Waals surface area contributed by atoms with Crippen molar-refractivity contribution in [2.45, 2.75) is 26.2 Å². The number of unbranched alkanes of at least 4 members (excludes halogenated alkanes) is 1. The number of ether oxygens (including phenoxy) is 2. The minimum atomic E-state index is -0.310. The van der Waals surface area contributed by atoms with Crippen molar-refractivity contribution in [1.29, 1.82) is 0 Å². The van der Waals surface area contributed by atoms with Gasteiger partial charge in [0.25, 0.3) is 0 Å². The van der Waals surface area contributed by atoms with Crippen LogP contribution in [0.3, 0.4) is 0 Å². The summed E-state index contributed by atoms with van der Waals surface area (Å²) in [5, 5.41) is 10.3. The molecule has 0 fully saturated rings. The summed E-state index contributed by atoms with van der Waals surface area (Å²) < 4.78 is 10.9. The van der Waals surface area contributed by atoms with Crippen LogP contribution in [0.4, 0.5) is 0 Å². The Kier molecular flexibility index (Phi) is 7.58. The normalized spacial score (nSPS) is 10.4. The molecule has 19 heavy (non-hydrogen) atoms. The van der Waals surface area contributed by atoms with Crippen molar-refractivity contribution >= 4 is 0 Å². The van der Waals surface area contributed by atoms with Gasteiger partial charge in [-0.15, -0.1) is 0 Å². The summed E-state index contributed by atoms with van der Waals surface area (Å²) in [4.78, 5) is 10.0. The van der Waals surface area contributed by atoms with Gasteiger partial charge in [0.15, 0.2) is 0 Å². The van der Waals surface area contributed by atoms with Gasteiger partial charge in [-0.1, -0.05) is 25.5 Å². The molecule has 0 amide bonds. The molecule has 0 saturated heterocycles. The van der Waals surface area contributed by atoms with Gasteiger partial charge in [0.05, 0.1) is 6.61 Å². The second-order valence-electron chi connectivity index (χ2n) is 4.27. The predicted octanol–water partition coefficient (Wildman–Crippen LogP) is 2.70. The van der Waals surface area contributed by atoms with Gasteiger partial charge in [-0.05, 0) is 24.1 Å². The zero-order valence-electron chi connectivity index (χ0n) is 11.3. The highest BCUT2D eigenvalue weighted by Gasteiger charge is 2.01. The van der Waals surface area contributed by atoms with Crippen molar-refractivity contribution in [2.24, 2.45) is 0 Å². The molecule has 5 nitrogen and oxygen atoms in total. The predicted molar refractivity (Wildman–Crippen MR) is 73.2 cm³/mol. The van der Waals surface area contributed by atoms with E-state index in [1.54, 1.807) is 0 Å². The lowest BCUT2D eigenvalue weighted by molar-refractivity contribution is -0.479. The topological polar surface area (TPSA) is 61.6 Å². The lowest BCUT2D eigenvalue weighted by atomic mass is 10.1. The zero-order chi connectivity index (χ0) is 13.9. The lowest BCUT2D eigenvalue weighted by Crippen LogP contribution is -2.08. The van der Waals surface area contributed by atoms with Crippen molar-refractivity contribution in [1.82, 2.24) is 0 Å². The van der Waals surface area contributed by atoms with E-state index in [0.29, 0.717) is 19.6 Å². The molecule has 1 aromatic rings. The van der Waals surface area contributed by atoms with Crippen molar-refractivity contribution in [3.8, 4) is 5.75 Å². The molecule has 1 rings (SSSR count). The molecule has 0 spiro atoms. The molecular formula is C14H21NO4. The maximum absolute atomic E-state index is 10.3. The van der Waals surface area contributed by atoms with E-state index in [1.807, 2.05) is 24.3 Å². The SMILES string of the molecule is CCCCOCCOc1cccc(CC[N+](=O)[O-])c1. The van der Waals surface area contributed by atoms with Crippen LogP contribution in [0.2, 0.25) is 0 Å². The number of nitro groups is 1. The number of rotatable bonds is 10. The van der Waals surface area contributed by atoms with Crippen LogP contribution in [0, 0.1) is 10.1 Å². The van der Waals surface area contributed by atoms with Crippen LogP contribution >= 0.6 is 0 Å². The average Bonchev–Trinajstić information content (AvgIpc) is 2.41. The van der Waals surface area contributed by atoms with Gasteiger partial charge in [0.1, 0.15) is 12.4 Å². The molecule has 0 aliphatic carbocycles. The van der Waals surface area contributed by atoms with E-state index in [9.17, 15) is 10.1 Å². The first-order valence-corrected chi connectivity index (χ1v) is 6.63. The zero-order valence-corrected chi connectivity index (χ0v) is 11.3. The van der Waals surface area contributed by atoms with Gasteiger partial charge in [-0.25, -0.2) is 0 Å². The van der Waals surface area contributed by atoms with E-state index in [0.717, 1.165) is 30.8 Å². The molecule has 0 N–H and O–H groups in total. The molecule has 1 aromatic carbocycles. The minimum absolute atomic E-state index is 0.0520. The average molecular weight is 267 g/mol. The summed E-state index contributed by atoms with van der Waals surface area (Å²) in [5.74, 6) is 0.736. The van der Waals surface area contributed by atoms with Crippen molar-refractivity contribution in [2.75, 3.05) is 26.4 Å². The smallest absolute Gasteiger partial charge is 0.207 e.